The number of rotatable bonds is 2. The van der Waals surface area contributed by atoms with Crippen molar-refractivity contribution in [3.05, 3.63) is 27.8 Å². The topological polar surface area (TPSA) is 86.6 Å². The lowest BCUT2D eigenvalue weighted by Gasteiger charge is -2.26. The van der Waals surface area contributed by atoms with Crippen molar-refractivity contribution >= 4 is 16.9 Å². The fourth-order valence-corrected chi connectivity index (χ4v) is 2.65. The Hall–Kier alpha value is -2.48. The molecule has 3 rings (SSSR count). The zero-order chi connectivity index (χ0) is 16.6. The van der Waals surface area contributed by atoms with Crippen molar-refractivity contribution in [1.29, 1.82) is 0 Å². The lowest BCUT2D eigenvalue weighted by atomic mass is 10.2. The molecule has 0 bridgehead atoms. The first-order valence-electron chi connectivity index (χ1n) is 7.32. The zero-order valence-corrected chi connectivity index (χ0v) is 13.3. The molecule has 122 valence electrons. The van der Waals surface area contributed by atoms with E-state index >= 15 is 0 Å². The Morgan fingerprint density at radius 1 is 1.30 bits per heavy atom. The van der Waals surface area contributed by atoms with Gasteiger partial charge >= 0.3 is 0 Å². The molecular formula is C15H18N4O4. The summed E-state index contributed by atoms with van der Waals surface area (Å²) in [5.41, 5.74) is 0.152. The first kappa shape index (κ1) is 15.4. The molecule has 0 atom stereocenters. The smallest absolute Gasteiger partial charge is 0.264 e. The summed E-state index contributed by atoms with van der Waals surface area (Å²) in [6.07, 6.45) is 0. The number of pyridine rings is 1. The highest BCUT2D eigenvalue weighted by atomic mass is 16.5. The Morgan fingerprint density at radius 3 is 2.65 bits per heavy atom. The molecule has 23 heavy (non-hydrogen) atoms. The lowest BCUT2D eigenvalue weighted by molar-refractivity contribution is 0.0301. The molecule has 3 heterocycles. The van der Waals surface area contributed by atoms with Crippen LogP contribution >= 0.6 is 0 Å². The molecule has 8 heteroatoms. The van der Waals surface area contributed by atoms with E-state index in [1.165, 1.54) is 17.7 Å². The van der Waals surface area contributed by atoms with Crippen LogP contribution in [-0.2, 0) is 11.8 Å². The SMILES string of the molecule is COc1nc(C)nc2c1cc(C(=O)N1CCOCC1)c(=O)n2C. The average molecular weight is 318 g/mol. The van der Waals surface area contributed by atoms with Gasteiger partial charge in [-0.25, -0.2) is 4.98 Å². The van der Waals surface area contributed by atoms with E-state index in [4.69, 9.17) is 9.47 Å². The Kier molecular flexibility index (Phi) is 3.99. The van der Waals surface area contributed by atoms with Crippen LogP contribution in [0.3, 0.4) is 0 Å². The monoisotopic (exact) mass is 318 g/mol. The van der Waals surface area contributed by atoms with E-state index in [1.54, 1.807) is 18.9 Å². The van der Waals surface area contributed by atoms with Gasteiger partial charge in [0.15, 0.2) is 0 Å². The third-order valence-corrected chi connectivity index (χ3v) is 3.87. The van der Waals surface area contributed by atoms with Crippen LogP contribution in [-0.4, -0.2) is 58.8 Å². The van der Waals surface area contributed by atoms with Crippen molar-refractivity contribution < 1.29 is 14.3 Å². The maximum Gasteiger partial charge on any atom is 0.264 e. The summed E-state index contributed by atoms with van der Waals surface area (Å²) in [5.74, 6) is 0.536. The van der Waals surface area contributed by atoms with Crippen LogP contribution in [0.15, 0.2) is 10.9 Å². The largest absolute Gasteiger partial charge is 0.480 e. The van der Waals surface area contributed by atoms with Gasteiger partial charge < -0.3 is 14.4 Å². The Morgan fingerprint density at radius 2 is 2.00 bits per heavy atom. The van der Waals surface area contributed by atoms with Crippen LogP contribution in [0, 0.1) is 6.92 Å². The molecule has 0 saturated carbocycles. The van der Waals surface area contributed by atoms with E-state index in [1.807, 2.05) is 0 Å². The van der Waals surface area contributed by atoms with Crippen molar-refractivity contribution in [3.8, 4) is 5.88 Å². The van der Waals surface area contributed by atoms with Crippen molar-refractivity contribution in [2.75, 3.05) is 33.4 Å². The number of carbonyl (C=O) groups is 1. The molecule has 1 fully saturated rings. The standard InChI is InChI=1S/C15H18N4O4/c1-9-16-12-10(13(17-9)22-3)8-11(14(20)18(12)2)15(21)19-4-6-23-7-5-19/h8H,4-7H2,1-3H3. The number of amides is 1. The second-order valence-corrected chi connectivity index (χ2v) is 5.34. The second kappa shape index (κ2) is 5.96. The molecule has 0 spiro atoms. The minimum absolute atomic E-state index is 0.0904. The van der Waals surface area contributed by atoms with Crippen molar-refractivity contribution in [2.24, 2.45) is 7.05 Å². The predicted octanol–water partition coefficient (Wildman–Crippen LogP) is 0.118. The number of aromatic nitrogens is 3. The third-order valence-electron chi connectivity index (χ3n) is 3.87. The summed E-state index contributed by atoms with van der Waals surface area (Å²) in [5, 5.41) is 0.539. The Balaban J connectivity index is 2.18. The van der Waals surface area contributed by atoms with E-state index in [0.717, 1.165) is 0 Å². The lowest BCUT2D eigenvalue weighted by Crippen LogP contribution is -2.43. The number of methoxy groups -OCH3 is 1. The summed E-state index contributed by atoms with van der Waals surface area (Å²) < 4.78 is 11.9. The molecule has 8 nitrogen and oxygen atoms in total. The first-order valence-corrected chi connectivity index (χ1v) is 7.32. The summed E-state index contributed by atoms with van der Waals surface area (Å²) >= 11 is 0. The quantitative estimate of drug-likeness (QED) is 0.781. The highest BCUT2D eigenvalue weighted by Gasteiger charge is 2.24. The molecule has 0 N–H and O–H groups in total. The molecule has 2 aromatic heterocycles. The number of aryl methyl sites for hydroxylation is 2. The average Bonchev–Trinajstić information content (AvgIpc) is 2.58. The second-order valence-electron chi connectivity index (χ2n) is 5.34. The number of ether oxygens (including phenoxy) is 2. The molecule has 0 aromatic carbocycles. The summed E-state index contributed by atoms with van der Waals surface area (Å²) in [6.45, 7) is 3.62. The maximum atomic E-state index is 12.7. The fraction of sp³-hybridized carbons (Fsp3) is 0.467. The van der Waals surface area contributed by atoms with Crippen LogP contribution < -0.4 is 10.3 Å². The van der Waals surface area contributed by atoms with Gasteiger partial charge in [-0.1, -0.05) is 0 Å². The highest BCUT2D eigenvalue weighted by Crippen LogP contribution is 2.22. The third kappa shape index (κ3) is 2.65. The molecule has 0 radical (unpaired) electrons. The van der Waals surface area contributed by atoms with Gasteiger partial charge in [0.2, 0.25) is 5.88 Å². The number of morpholine rings is 1. The minimum atomic E-state index is -0.380. The molecule has 2 aromatic rings. The van der Waals surface area contributed by atoms with Crippen LogP contribution in [0.4, 0.5) is 0 Å². The molecule has 1 aliphatic rings. The van der Waals surface area contributed by atoms with E-state index < -0.39 is 0 Å². The number of hydrogen-bond acceptors (Lipinski definition) is 6. The van der Waals surface area contributed by atoms with Crippen LogP contribution in [0.25, 0.3) is 11.0 Å². The molecular weight excluding hydrogens is 300 g/mol. The van der Waals surface area contributed by atoms with E-state index in [0.29, 0.717) is 49.0 Å². The van der Waals surface area contributed by atoms with Crippen LogP contribution in [0.2, 0.25) is 0 Å². The zero-order valence-electron chi connectivity index (χ0n) is 13.3. The molecule has 1 amide bonds. The number of fused-ring (bicyclic) bond motifs is 1. The Bertz CT molecular complexity index is 824. The van der Waals surface area contributed by atoms with Gasteiger partial charge in [-0.15, -0.1) is 0 Å². The van der Waals surface area contributed by atoms with Gasteiger partial charge in [-0.2, -0.15) is 4.98 Å². The van der Waals surface area contributed by atoms with Gasteiger partial charge in [0.05, 0.1) is 25.7 Å². The highest BCUT2D eigenvalue weighted by molar-refractivity contribution is 5.97. The van der Waals surface area contributed by atoms with Gasteiger partial charge in [-0.3, -0.25) is 14.2 Å². The molecule has 0 aliphatic carbocycles. The van der Waals surface area contributed by atoms with E-state index in [-0.39, 0.29) is 17.0 Å². The van der Waals surface area contributed by atoms with Crippen LogP contribution in [0.1, 0.15) is 16.2 Å². The van der Waals surface area contributed by atoms with E-state index in [2.05, 4.69) is 9.97 Å². The number of carbonyl (C=O) groups excluding carboxylic acids is 1. The van der Waals surface area contributed by atoms with Gasteiger partial charge in [0.1, 0.15) is 17.0 Å². The fourth-order valence-electron chi connectivity index (χ4n) is 2.65. The normalized spacial score (nSPS) is 15.0. The van der Waals surface area contributed by atoms with Crippen molar-refractivity contribution in [2.45, 2.75) is 6.92 Å². The summed E-state index contributed by atoms with van der Waals surface area (Å²) in [6, 6.07) is 1.52. The van der Waals surface area contributed by atoms with E-state index in [9.17, 15) is 9.59 Å². The molecule has 1 aliphatic heterocycles. The summed E-state index contributed by atoms with van der Waals surface area (Å²) in [4.78, 5) is 35.3. The van der Waals surface area contributed by atoms with Gasteiger partial charge in [-0.05, 0) is 13.0 Å². The number of nitrogens with zero attached hydrogens (tertiary/aromatic N) is 4. The summed E-state index contributed by atoms with van der Waals surface area (Å²) in [7, 11) is 3.09. The maximum absolute atomic E-state index is 12.7. The van der Waals surface area contributed by atoms with Crippen molar-refractivity contribution in [1.82, 2.24) is 19.4 Å². The van der Waals surface area contributed by atoms with Gasteiger partial charge in [0.25, 0.3) is 11.5 Å². The van der Waals surface area contributed by atoms with Crippen molar-refractivity contribution in [3.63, 3.8) is 0 Å². The van der Waals surface area contributed by atoms with Crippen LogP contribution in [0.5, 0.6) is 5.88 Å². The molecule has 1 saturated heterocycles. The predicted molar refractivity (Wildman–Crippen MR) is 82.8 cm³/mol. The van der Waals surface area contributed by atoms with Gasteiger partial charge in [0, 0.05) is 20.1 Å². The molecule has 0 unspecified atom stereocenters. The minimum Gasteiger partial charge on any atom is -0.480 e. The Labute approximate surface area is 132 Å². The number of hydrogen-bond donors (Lipinski definition) is 0. The first-order chi connectivity index (χ1) is 11.0.